The predicted octanol–water partition coefficient (Wildman–Crippen LogP) is 7.29. The Bertz CT molecular complexity index is 1960. The second kappa shape index (κ2) is 12.1. The minimum absolute atomic E-state index is 0.183. The summed E-state index contributed by atoms with van der Waals surface area (Å²) in [5, 5.41) is 10.2. The first-order valence-corrected chi connectivity index (χ1v) is 14.9. The number of carbonyl (C=O) groups excluding carboxylic acids is 1. The fraction of sp³-hybridized carbons (Fsp3) is 0.129. The van der Waals surface area contributed by atoms with Crippen molar-refractivity contribution in [2.24, 2.45) is 0 Å². The highest BCUT2D eigenvalue weighted by Crippen LogP contribution is 2.43. The van der Waals surface area contributed by atoms with Crippen LogP contribution in [0.5, 0.6) is 23.0 Å². The average molecular weight is 630 g/mol. The third-order valence-electron chi connectivity index (χ3n) is 6.64. The summed E-state index contributed by atoms with van der Waals surface area (Å²) in [5.74, 6) is 2.25. The van der Waals surface area contributed by atoms with Gasteiger partial charge in [0, 0.05) is 39.8 Å². The number of benzene rings is 3. The van der Waals surface area contributed by atoms with Crippen LogP contribution < -0.4 is 35.3 Å². The van der Waals surface area contributed by atoms with E-state index in [-0.39, 0.29) is 11.7 Å². The number of furan rings is 1. The number of rotatable bonds is 10. The Balaban J connectivity index is 1.20. The zero-order valence-corrected chi connectivity index (χ0v) is 25.7. The van der Waals surface area contributed by atoms with Gasteiger partial charge in [-0.15, -0.1) is 11.3 Å². The van der Waals surface area contributed by atoms with Crippen molar-refractivity contribution in [2.75, 3.05) is 44.8 Å². The lowest BCUT2D eigenvalue weighted by Crippen LogP contribution is -2.10. The van der Waals surface area contributed by atoms with Crippen molar-refractivity contribution in [3.05, 3.63) is 71.8 Å². The highest BCUT2D eigenvalue weighted by molar-refractivity contribution is 7.23. The van der Waals surface area contributed by atoms with E-state index in [2.05, 4.69) is 15.6 Å². The van der Waals surface area contributed by atoms with Crippen molar-refractivity contribution in [1.29, 1.82) is 0 Å². The summed E-state index contributed by atoms with van der Waals surface area (Å²) in [5.41, 5.74) is 9.69. The molecule has 13 heteroatoms. The Hall–Kier alpha value is -5.27. The quantitative estimate of drug-likeness (QED) is 0.141. The standard InChI is InChI=1S/C31H27N5O6S2/c1-38-21-10-6-8-17-12-24(42-25(17)21)29(37)33-18-9-5-7-16(11-18)20-15-43-30(35-20)27-28(32)36-31(44-27)34-19-13-22(39-2)26(41-4)23(14-19)40-3/h5-15H,32H2,1-4H3,(H,33,37)(H,34,36). The van der Waals surface area contributed by atoms with Gasteiger partial charge in [-0.05, 0) is 24.3 Å². The molecule has 0 radical (unpaired) electrons. The van der Waals surface area contributed by atoms with Gasteiger partial charge in [-0.1, -0.05) is 35.6 Å². The molecule has 0 unspecified atom stereocenters. The van der Waals surface area contributed by atoms with E-state index in [0.29, 0.717) is 50.9 Å². The number of nitrogen functional groups attached to an aromatic ring is 1. The summed E-state index contributed by atoms with van der Waals surface area (Å²) in [4.78, 5) is 23.0. The number of methoxy groups -OCH3 is 4. The first-order chi connectivity index (χ1) is 21.4. The summed E-state index contributed by atoms with van der Waals surface area (Å²) in [7, 11) is 6.23. The third kappa shape index (κ3) is 5.57. The Morgan fingerprint density at radius 1 is 0.864 bits per heavy atom. The zero-order chi connectivity index (χ0) is 30.8. The summed E-state index contributed by atoms with van der Waals surface area (Å²) < 4.78 is 27.4. The van der Waals surface area contributed by atoms with E-state index < -0.39 is 0 Å². The Morgan fingerprint density at radius 3 is 2.34 bits per heavy atom. The number of aromatic nitrogens is 2. The maximum Gasteiger partial charge on any atom is 0.291 e. The number of ether oxygens (including phenoxy) is 4. The van der Waals surface area contributed by atoms with Crippen LogP contribution in [0.25, 0.3) is 32.1 Å². The first kappa shape index (κ1) is 28.8. The number of thiazole rings is 2. The van der Waals surface area contributed by atoms with Gasteiger partial charge in [0.2, 0.25) is 5.75 Å². The van der Waals surface area contributed by atoms with Gasteiger partial charge in [0.25, 0.3) is 5.91 Å². The highest BCUT2D eigenvalue weighted by atomic mass is 32.1. The molecule has 11 nitrogen and oxygen atoms in total. The molecule has 6 rings (SSSR count). The first-order valence-electron chi connectivity index (χ1n) is 13.2. The normalized spacial score (nSPS) is 10.9. The topological polar surface area (TPSA) is 143 Å². The molecular formula is C31H27N5O6S2. The maximum atomic E-state index is 13.0. The number of hydrogen-bond donors (Lipinski definition) is 3. The summed E-state index contributed by atoms with van der Waals surface area (Å²) in [6, 6.07) is 18.2. The summed E-state index contributed by atoms with van der Waals surface area (Å²) >= 11 is 2.83. The van der Waals surface area contributed by atoms with Crippen LogP contribution in [0.3, 0.4) is 0 Å². The lowest BCUT2D eigenvalue weighted by atomic mass is 10.1. The number of hydrogen-bond acceptors (Lipinski definition) is 12. The van der Waals surface area contributed by atoms with Crippen LogP contribution in [0.4, 0.5) is 22.3 Å². The molecular weight excluding hydrogens is 603 g/mol. The van der Waals surface area contributed by atoms with Crippen LogP contribution in [0.2, 0.25) is 0 Å². The van der Waals surface area contributed by atoms with Crippen molar-refractivity contribution < 1.29 is 28.2 Å². The van der Waals surface area contributed by atoms with Crippen molar-refractivity contribution in [3.8, 4) is 44.1 Å². The average Bonchev–Trinajstić information content (AvgIpc) is 3.79. The molecule has 0 aliphatic carbocycles. The lowest BCUT2D eigenvalue weighted by molar-refractivity contribution is 0.0998. The van der Waals surface area contributed by atoms with Crippen LogP contribution in [0.15, 0.2) is 70.5 Å². The number of para-hydroxylation sites is 1. The molecule has 0 saturated heterocycles. The molecule has 3 aromatic carbocycles. The minimum atomic E-state index is -0.371. The summed E-state index contributed by atoms with van der Waals surface area (Å²) in [6.07, 6.45) is 0. The number of amides is 1. The van der Waals surface area contributed by atoms with E-state index in [1.54, 1.807) is 58.8 Å². The van der Waals surface area contributed by atoms with Gasteiger partial charge in [0.05, 0.1) is 34.1 Å². The molecule has 6 aromatic rings. The molecule has 224 valence electrons. The summed E-state index contributed by atoms with van der Waals surface area (Å²) in [6.45, 7) is 0. The van der Waals surface area contributed by atoms with Crippen LogP contribution >= 0.6 is 22.7 Å². The maximum absolute atomic E-state index is 13.0. The largest absolute Gasteiger partial charge is 0.493 e. The minimum Gasteiger partial charge on any atom is -0.493 e. The molecule has 44 heavy (non-hydrogen) atoms. The van der Waals surface area contributed by atoms with Gasteiger partial charge in [0.1, 0.15) is 15.7 Å². The van der Waals surface area contributed by atoms with Crippen molar-refractivity contribution >= 4 is 61.9 Å². The van der Waals surface area contributed by atoms with Gasteiger partial charge in [-0.2, -0.15) is 0 Å². The van der Waals surface area contributed by atoms with E-state index in [4.69, 9.17) is 34.1 Å². The molecule has 4 N–H and O–H groups in total. The number of fused-ring (bicyclic) bond motifs is 1. The number of nitrogens with zero attached hydrogens (tertiary/aromatic N) is 2. The second-order valence-electron chi connectivity index (χ2n) is 9.33. The molecule has 3 heterocycles. The number of carbonyl (C=O) groups is 1. The number of nitrogens with two attached hydrogens (primary N) is 1. The third-order valence-corrected chi connectivity index (χ3v) is 8.62. The van der Waals surface area contributed by atoms with Gasteiger partial charge in [0.15, 0.2) is 33.7 Å². The highest BCUT2D eigenvalue weighted by Gasteiger charge is 2.19. The van der Waals surface area contributed by atoms with Crippen LogP contribution in [-0.4, -0.2) is 44.3 Å². The Kier molecular flexibility index (Phi) is 7.96. The molecule has 0 fully saturated rings. The van der Waals surface area contributed by atoms with E-state index >= 15 is 0 Å². The van der Waals surface area contributed by atoms with E-state index in [9.17, 15) is 4.79 Å². The van der Waals surface area contributed by atoms with Crippen LogP contribution in [0.1, 0.15) is 10.6 Å². The smallest absolute Gasteiger partial charge is 0.291 e. The van der Waals surface area contributed by atoms with Crippen molar-refractivity contribution in [3.63, 3.8) is 0 Å². The van der Waals surface area contributed by atoms with Crippen LogP contribution in [-0.2, 0) is 0 Å². The molecule has 0 spiro atoms. The molecule has 0 saturated carbocycles. The fourth-order valence-corrected chi connectivity index (χ4v) is 6.42. The fourth-order valence-electron chi connectivity index (χ4n) is 4.58. The van der Waals surface area contributed by atoms with Gasteiger partial charge >= 0.3 is 0 Å². The SMILES string of the molecule is COc1cc(Nc2nc(N)c(-c3nc(-c4cccc(NC(=O)c5cc6cccc(OC)c6o5)c4)cs3)s2)cc(OC)c1OC. The van der Waals surface area contributed by atoms with Gasteiger partial charge < -0.3 is 39.7 Å². The molecule has 0 aliphatic heterocycles. The molecule has 0 aliphatic rings. The predicted molar refractivity (Wildman–Crippen MR) is 173 cm³/mol. The van der Waals surface area contributed by atoms with Gasteiger partial charge in [-0.3, -0.25) is 4.79 Å². The second-order valence-corrected chi connectivity index (χ2v) is 11.2. The monoisotopic (exact) mass is 629 g/mol. The van der Waals surface area contributed by atoms with Crippen LogP contribution in [0, 0.1) is 0 Å². The zero-order valence-electron chi connectivity index (χ0n) is 24.1. The van der Waals surface area contributed by atoms with E-state index in [0.717, 1.165) is 26.5 Å². The number of anilines is 4. The van der Waals surface area contributed by atoms with E-state index in [1.807, 2.05) is 35.7 Å². The molecule has 0 atom stereocenters. The molecule has 3 aromatic heterocycles. The van der Waals surface area contributed by atoms with Crippen molar-refractivity contribution in [2.45, 2.75) is 0 Å². The molecule has 0 bridgehead atoms. The Labute approximate surface area is 260 Å². The molecule has 1 amide bonds. The van der Waals surface area contributed by atoms with E-state index in [1.165, 1.54) is 22.7 Å². The van der Waals surface area contributed by atoms with Crippen molar-refractivity contribution in [1.82, 2.24) is 9.97 Å². The van der Waals surface area contributed by atoms with Gasteiger partial charge in [-0.25, -0.2) is 9.97 Å². The number of nitrogens with one attached hydrogen (secondary N) is 2. The lowest BCUT2D eigenvalue weighted by Gasteiger charge is -2.14. The Morgan fingerprint density at radius 2 is 1.61 bits per heavy atom.